The first kappa shape index (κ1) is 17.6. The molecule has 4 aromatic carbocycles. The van der Waals surface area contributed by atoms with Crippen LogP contribution in [0.15, 0.2) is 72.8 Å². The zero-order valence-electron chi connectivity index (χ0n) is 17.3. The third kappa shape index (κ3) is 2.44. The fraction of sp³-hybridized carbons (Fsp3) is 0.107. The van der Waals surface area contributed by atoms with Gasteiger partial charge < -0.3 is 0 Å². The summed E-state index contributed by atoms with van der Waals surface area (Å²) in [6.07, 6.45) is 0. The number of aryl methyl sites for hydroxylation is 3. The first-order valence-electron chi connectivity index (χ1n) is 10.3. The molecule has 0 spiro atoms. The minimum absolute atomic E-state index is 1.06. The second-order valence-corrected chi connectivity index (χ2v) is 9.25. The van der Waals surface area contributed by atoms with Crippen LogP contribution < -0.4 is 0 Å². The second-order valence-electron chi connectivity index (χ2n) is 8.20. The van der Waals surface area contributed by atoms with Crippen LogP contribution in [-0.4, -0.2) is 4.98 Å². The molecule has 0 fully saturated rings. The summed E-state index contributed by atoms with van der Waals surface area (Å²) in [6, 6.07) is 26.3. The van der Waals surface area contributed by atoms with E-state index in [1.54, 1.807) is 0 Å². The molecule has 6 rings (SSSR count). The van der Waals surface area contributed by atoms with Gasteiger partial charge in [0.15, 0.2) is 0 Å². The lowest BCUT2D eigenvalue weighted by molar-refractivity contribution is 1.38. The van der Waals surface area contributed by atoms with Crippen molar-refractivity contribution in [1.82, 2.24) is 4.98 Å². The van der Waals surface area contributed by atoms with E-state index in [1.165, 1.54) is 58.6 Å². The lowest BCUT2D eigenvalue weighted by atomic mass is 9.92. The predicted molar refractivity (Wildman–Crippen MR) is 132 cm³/mol. The van der Waals surface area contributed by atoms with Crippen LogP contribution in [0.25, 0.3) is 53.1 Å². The number of fused-ring (bicyclic) bond motifs is 6. The molecule has 30 heavy (non-hydrogen) atoms. The average molecular weight is 404 g/mol. The quantitative estimate of drug-likeness (QED) is 0.269. The maximum atomic E-state index is 5.22. The van der Waals surface area contributed by atoms with Crippen LogP contribution in [0.3, 0.4) is 0 Å². The summed E-state index contributed by atoms with van der Waals surface area (Å²) < 4.78 is 2.65. The zero-order chi connectivity index (χ0) is 20.4. The molecule has 1 nitrogen and oxygen atoms in total. The van der Waals surface area contributed by atoms with E-state index < -0.39 is 0 Å². The van der Waals surface area contributed by atoms with Gasteiger partial charge in [-0.3, -0.25) is 0 Å². The van der Waals surface area contributed by atoms with Gasteiger partial charge in [0.2, 0.25) is 0 Å². The van der Waals surface area contributed by atoms with E-state index in [0.29, 0.717) is 0 Å². The fourth-order valence-corrected chi connectivity index (χ4v) is 6.18. The van der Waals surface area contributed by atoms with Gasteiger partial charge in [-0.25, -0.2) is 4.98 Å². The zero-order valence-corrected chi connectivity index (χ0v) is 18.1. The SMILES string of the molecule is Cc1cc(C)c2c(C)c(-c3nc4ccccc4c4sc5ccccc5c34)ccc2c1. The van der Waals surface area contributed by atoms with Crippen molar-refractivity contribution in [3.63, 3.8) is 0 Å². The molecule has 0 aliphatic carbocycles. The monoisotopic (exact) mass is 403 g/mol. The van der Waals surface area contributed by atoms with Gasteiger partial charge in [0, 0.05) is 31.1 Å². The number of aromatic nitrogens is 1. The van der Waals surface area contributed by atoms with Gasteiger partial charge in [0.25, 0.3) is 0 Å². The van der Waals surface area contributed by atoms with Crippen molar-refractivity contribution in [2.45, 2.75) is 20.8 Å². The molecule has 0 saturated heterocycles. The van der Waals surface area contributed by atoms with Crippen molar-refractivity contribution >= 4 is 53.2 Å². The maximum Gasteiger partial charge on any atom is 0.0805 e. The van der Waals surface area contributed by atoms with Crippen molar-refractivity contribution in [3.8, 4) is 11.3 Å². The highest BCUT2D eigenvalue weighted by atomic mass is 32.1. The summed E-state index contributed by atoms with van der Waals surface area (Å²) in [4.78, 5) is 5.22. The Morgan fingerprint density at radius 1 is 0.733 bits per heavy atom. The summed E-state index contributed by atoms with van der Waals surface area (Å²) in [5, 5.41) is 6.47. The molecule has 0 bridgehead atoms. The standard InChI is InChI=1S/C28H21NS/c1-16-14-17(2)25-18(3)20(13-12-19(25)15-16)27-26-22-9-5-7-11-24(22)30-28(26)21-8-4-6-10-23(21)29-27/h4-15H,1-3H3. The minimum atomic E-state index is 1.06. The minimum Gasteiger partial charge on any atom is -0.247 e. The van der Waals surface area contributed by atoms with E-state index in [1.807, 2.05) is 11.3 Å². The Morgan fingerprint density at radius 3 is 2.37 bits per heavy atom. The smallest absolute Gasteiger partial charge is 0.0805 e. The van der Waals surface area contributed by atoms with E-state index >= 15 is 0 Å². The van der Waals surface area contributed by atoms with Crippen LogP contribution in [0.1, 0.15) is 16.7 Å². The lowest BCUT2D eigenvalue weighted by Crippen LogP contribution is -1.93. The fourth-order valence-electron chi connectivity index (χ4n) is 4.94. The number of nitrogens with zero attached hydrogens (tertiary/aromatic N) is 1. The molecule has 0 N–H and O–H groups in total. The van der Waals surface area contributed by atoms with E-state index in [2.05, 4.69) is 93.6 Å². The van der Waals surface area contributed by atoms with Gasteiger partial charge in [0.1, 0.15) is 0 Å². The molecule has 2 aromatic heterocycles. The third-order valence-electron chi connectivity index (χ3n) is 6.19. The molecule has 144 valence electrons. The largest absolute Gasteiger partial charge is 0.247 e. The van der Waals surface area contributed by atoms with Crippen molar-refractivity contribution in [1.29, 1.82) is 0 Å². The summed E-state index contributed by atoms with van der Waals surface area (Å²) in [6.45, 7) is 6.63. The number of pyridine rings is 1. The lowest BCUT2D eigenvalue weighted by Gasteiger charge is -2.14. The normalized spacial score (nSPS) is 11.8. The Morgan fingerprint density at radius 2 is 1.50 bits per heavy atom. The Bertz CT molecular complexity index is 1620. The number of thiophene rings is 1. The van der Waals surface area contributed by atoms with Gasteiger partial charge in [-0.1, -0.05) is 66.2 Å². The van der Waals surface area contributed by atoms with E-state index in [4.69, 9.17) is 4.98 Å². The predicted octanol–water partition coefficient (Wildman–Crippen LogP) is 8.35. The number of rotatable bonds is 1. The molecule has 0 saturated carbocycles. The molecule has 0 atom stereocenters. The van der Waals surface area contributed by atoms with Gasteiger partial charge in [-0.15, -0.1) is 11.3 Å². The van der Waals surface area contributed by atoms with Gasteiger partial charge >= 0.3 is 0 Å². The Labute approximate surface area is 179 Å². The molecule has 2 heterocycles. The Kier molecular flexibility index (Phi) is 3.75. The van der Waals surface area contributed by atoms with E-state index in [9.17, 15) is 0 Å². The van der Waals surface area contributed by atoms with Crippen LogP contribution in [0.5, 0.6) is 0 Å². The van der Waals surface area contributed by atoms with Crippen LogP contribution in [-0.2, 0) is 0 Å². The van der Waals surface area contributed by atoms with Crippen molar-refractivity contribution < 1.29 is 0 Å². The highest BCUT2D eigenvalue weighted by Gasteiger charge is 2.18. The highest BCUT2D eigenvalue weighted by Crippen LogP contribution is 2.44. The Balaban J connectivity index is 1.81. The molecule has 0 aliphatic rings. The molecular formula is C28H21NS. The van der Waals surface area contributed by atoms with E-state index in [-0.39, 0.29) is 0 Å². The highest BCUT2D eigenvalue weighted by molar-refractivity contribution is 7.26. The molecule has 6 aromatic rings. The van der Waals surface area contributed by atoms with Crippen LogP contribution in [0.2, 0.25) is 0 Å². The maximum absolute atomic E-state index is 5.22. The van der Waals surface area contributed by atoms with Crippen molar-refractivity contribution in [2.24, 2.45) is 0 Å². The molecule has 0 radical (unpaired) electrons. The van der Waals surface area contributed by atoms with Crippen molar-refractivity contribution in [3.05, 3.63) is 89.5 Å². The van der Waals surface area contributed by atoms with Crippen molar-refractivity contribution in [2.75, 3.05) is 0 Å². The third-order valence-corrected chi connectivity index (χ3v) is 7.39. The molecule has 0 amide bonds. The first-order valence-corrected chi connectivity index (χ1v) is 11.1. The second kappa shape index (κ2) is 6.38. The van der Waals surface area contributed by atoms with Crippen LogP contribution in [0, 0.1) is 20.8 Å². The topological polar surface area (TPSA) is 12.9 Å². The molecule has 2 heteroatoms. The first-order chi connectivity index (χ1) is 14.6. The number of hydrogen-bond acceptors (Lipinski definition) is 2. The summed E-state index contributed by atoms with van der Waals surface area (Å²) >= 11 is 1.87. The summed E-state index contributed by atoms with van der Waals surface area (Å²) in [5.41, 5.74) is 7.34. The Hall–Kier alpha value is -3.23. The van der Waals surface area contributed by atoms with Gasteiger partial charge in [0.05, 0.1) is 11.2 Å². The van der Waals surface area contributed by atoms with Gasteiger partial charge in [-0.2, -0.15) is 0 Å². The van der Waals surface area contributed by atoms with Gasteiger partial charge in [-0.05, 0) is 54.8 Å². The number of benzene rings is 4. The molecule has 0 aliphatic heterocycles. The summed E-state index contributed by atoms with van der Waals surface area (Å²) in [7, 11) is 0. The van der Waals surface area contributed by atoms with Crippen LogP contribution >= 0.6 is 11.3 Å². The van der Waals surface area contributed by atoms with E-state index in [0.717, 1.165) is 11.2 Å². The number of hydrogen-bond donors (Lipinski definition) is 0. The number of para-hydroxylation sites is 1. The molecular weight excluding hydrogens is 382 g/mol. The summed E-state index contributed by atoms with van der Waals surface area (Å²) in [5.74, 6) is 0. The average Bonchev–Trinajstić information content (AvgIpc) is 3.13. The molecule has 0 unspecified atom stereocenters. The van der Waals surface area contributed by atoms with Crippen LogP contribution in [0.4, 0.5) is 0 Å².